The van der Waals surface area contributed by atoms with Crippen LogP contribution in [0, 0.1) is 0 Å². The molecule has 1 aliphatic heterocycles. The first-order valence-electron chi connectivity index (χ1n) is 6.42. The zero-order chi connectivity index (χ0) is 13.9. The largest absolute Gasteiger partial charge is 0.496 e. The highest BCUT2D eigenvalue weighted by Gasteiger charge is 2.26. The molecular formula is C13H23O5S+. The third-order valence-electron chi connectivity index (χ3n) is 2.42. The maximum atomic E-state index is 11.5. The smallest absolute Gasteiger partial charge is 0.356 e. The van der Waals surface area contributed by atoms with Gasteiger partial charge in [-0.1, -0.05) is 6.58 Å². The van der Waals surface area contributed by atoms with Gasteiger partial charge in [-0.15, -0.1) is 0 Å². The van der Waals surface area contributed by atoms with E-state index in [9.17, 15) is 4.79 Å². The standard InChI is InChI=1S/C13H23O5S/c1-12(2)17-5-3-15-4-6-18-13(14)11-19-9-7-16-8-10-19/h1,3-11H2,2H3/q+1. The van der Waals surface area contributed by atoms with E-state index in [-0.39, 0.29) is 16.9 Å². The molecule has 0 radical (unpaired) electrons. The van der Waals surface area contributed by atoms with E-state index in [1.807, 2.05) is 0 Å². The van der Waals surface area contributed by atoms with E-state index in [2.05, 4.69) is 6.58 Å². The summed E-state index contributed by atoms with van der Waals surface area (Å²) in [5, 5.41) is 0. The van der Waals surface area contributed by atoms with Crippen molar-refractivity contribution in [2.24, 2.45) is 0 Å². The summed E-state index contributed by atoms with van der Waals surface area (Å²) in [6, 6.07) is 0. The fourth-order valence-electron chi connectivity index (χ4n) is 1.50. The first-order valence-corrected chi connectivity index (χ1v) is 8.15. The van der Waals surface area contributed by atoms with Crippen molar-refractivity contribution < 1.29 is 23.7 Å². The molecule has 110 valence electrons. The van der Waals surface area contributed by atoms with Gasteiger partial charge in [0.2, 0.25) is 5.75 Å². The van der Waals surface area contributed by atoms with Gasteiger partial charge in [0.1, 0.15) is 24.7 Å². The molecule has 1 fully saturated rings. The molecule has 0 aromatic heterocycles. The van der Waals surface area contributed by atoms with E-state index in [0.717, 1.165) is 24.7 Å². The Morgan fingerprint density at radius 3 is 2.42 bits per heavy atom. The molecule has 0 aliphatic carbocycles. The molecule has 19 heavy (non-hydrogen) atoms. The fraction of sp³-hybridized carbons (Fsp3) is 0.769. The van der Waals surface area contributed by atoms with Crippen molar-refractivity contribution in [3.63, 3.8) is 0 Å². The molecule has 0 amide bonds. The van der Waals surface area contributed by atoms with Crippen molar-refractivity contribution in [2.75, 3.05) is 56.9 Å². The van der Waals surface area contributed by atoms with Crippen molar-refractivity contribution in [3.8, 4) is 0 Å². The minimum atomic E-state index is -0.132. The quantitative estimate of drug-likeness (QED) is 0.271. The Balaban J connectivity index is 1.90. The molecule has 0 atom stereocenters. The molecule has 0 aromatic carbocycles. The Hall–Kier alpha value is -0.720. The van der Waals surface area contributed by atoms with Gasteiger partial charge in [0.25, 0.3) is 0 Å². The van der Waals surface area contributed by atoms with Crippen LogP contribution in [0.3, 0.4) is 0 Å². The highest BCUT2D eigenvalue weighted by atomic mass is 32.2. The number of carbonyl (C=O) groups is 1. The average Bonchev–Trinajstić information content (AvgIpc) is 2.38. The summed E-state index contributed by atoms with van der Waals surface area (Å²) in [6.45, 7) is 8.60. The first-order chi connectivity index (χ1) is 9.18. The summed E-state index contributed by atoms with van der Waals surface area (Å²) in [5.41, 5.74) is 0. The number of rotatable bonds is 9. The van der Waals surface area contributed by atoms with E-state index in [0.29, 0.717) is 37.9 Å². The van der Waals surface area contributed by atoms with E-state index >= 15 is 0 Å². The monoisotopic (exact) mass is 291 g/mol. The Bertz CT molecular complexity index is 276. The number of ether oxygens (including phenoxy) is 4. The predicted octanol–water partition coefficient (Wildman–Crippen LogP) is 0.745. The van der Waals surface area contributed by atoms with Crippen LogP contribution in [0.25, 0.3) is 0 Å². The first kappa shape index (κ1) is 16.3. The van der Waals surface area contributed by atoms with Gasteiger partial charge in [-0.25, -0.2) is 4.79 Å². The molecule has 0 saturated carbocycles. The molecule has 1 aliphatic rings. The van der Waals surface area contributed by atoms with Gasteiger partial charge in [-0.3, -0.25) is 0 Å². The molecule has 0 bridgehead atoms. The third kappa shape index (κ3) is 8.91. The molecule has 0 N–H and O–H groups in total. The third-order valence-corrected chi connectivity index (χ3v) is 4.55. The van der Waals surface area contributed by atoms with Crippen LogP contribution in [0.1, 0.15) is 6.92 Å². The lowest BCUT2D eigenvalue weighted by Crippen LogP contribution is -2.32. The van der Waals surface area contributed by atoms with Crippen molar-refractivity contribution in [1.29, 1.82) is 0 Å². The Morgan fingerprint density at radius 2 is 1.79 bits per heavy atom. The molecule has 1 heterocycles. The molecule has 0 spiro atoms. The Morgan fingerprint density at radius 1 is 1.16 bits per heavy atom. The van der Waals surface area contributed by atoms with E-state index in [4.69, 9.17) is 18.9 Å². The topological polar surface area (TPSA) is 54.0 Å². The van der Waals surface area contributed by atoms with Crippen molar-refractivity contribution in [3.05, 3.63) is 12.3 Å². The van der Waals surface area contributed by atoms with Gasteiger partial charge in [0.05, 0.1) is 32.2 Å². The number of carbonyl (C=O) groups excluding carboxylic acids is 1. The van der Waals surface area contributed by atoms with Crippen molar-refractivity contribution in [1.82, 2.24) is 0 Å². The molecule has 0 aromatic rings. The van der Waals surface area contributed by atoms with Gasteiger partial charge in [0, 0.05) is 10.9 Å². The van der Waals surface area contributed by atoms with E-state index in [1.54, 1.807) is 6.92 Å². The van der Waals surface area contributed by atoms with Crippen LogP contribution in [-0.2, 0) is 34.6 Å². The van der Waals surface area contributed by atoms with Gasteiger partial charge < -0.3 is 18.9 Å². The van der Waals surface area contributed by atoms with Gasteiger partial charge in [-0.2, -0.15) is 0 Å². The maximum absolute atomic E-state index is 11.5. The maximum Gasteiger partial charge on any atom is 0.356 e. The normalized spacial score (nSPS) is 16.1. The number of esters is 1. The molecule has 6 heteroatoms. The summed E-state index contributed by atoms with van der Waals surface area (Å²) in [5.74, 6) is 3.01. The molecule has 1 rings (SSSR count). The Kier molecular flexibility index (Phi) is 8.69. The van der Waals surface area contributed by atoms with Gasteiger partial charge >= 0.3 is 5.97 Å². The van der Waals surface area contributed by atoms with Crippen LogP contribution in [-0.4, -0.2) is 62.9 Å². The number of hydrogen-bond acceptors (Lipinski definition) is 5. The minimum absolute atomic E-state index is 0.132. The summed E-state index contributed by atoms with van der Waals surface area (Å²) in [4.78, 5) is 11.5. The number of hydrogen-bond donors (Lipinski definition) is 0. The molecule has 1 saturated heterocycles. The fourth-order valence-corrected chi connectivity index (χ4v) is 3.12. The molecule has 5 nitrogen and oxygen atoms in total. The lowest BCUT2D eigenvalue weighted by Gasteiger charge is -2.13. The lowest BCUT2D eigenvalue weighted by atomic mass is 10.6. The minimum Gasteiger partial charge on any atom is -0.496 e. The van der Waals surface area contributed by atoms with Crippen LogP contribution in [0.15, 0.2) is 12.3 Å². The summed E-state index contributed by atoms with van der Waals surface area (Å²) < 4.78 is 20.8. The van der Waals surface area contributed by atoms with Crippen LogP contribution in [0.5, 0.6) is 0 Å². The van der Waals surface area contributed by atoms with E-state index in [1.165, 1.54) is 0 Å². The molecule has 0 unspecified atom stereocenters. The van der Waals surface area contributed by atoms with E-state index < -0.39 is 0 Å². The zero-order valence-corrected chi connectivity index (χ0v) is 12.3. The van der Waals surface area contributed by atoms with Crippen LogP contribution in [0.4, 0.5) is 0 Å². The SMILES string of the molecule is C=C(C)OCCOCCOC(=O)C[S+]1CCOCC1. The second-order valence-corrected chi connectivity index (χ2v) is 6.49. The van der Waals surface area contributed by atoms with Gasteiger partial charge in [-0.05, 0) is 6.92 Å². The molecular weight excluding hydrogens is 268 g/mol. The van der Waals surface area contributed by atoms with Crippen molar-refractivity contribution >= 4 is 16.9 Å². The second-order valence-electron chi connectivity index (χ2n) is 4.16. The van der Waals surface area contributed by atoms with Crippen LogP contribution < -0.4 is 0 Å². The lowest BCUT2D eigenvalue weighted by molar-refractivity contribution is -0.142. The summed E-state index contributed by atoms with van der Waals surface area (Å²) in [6.07, 6.45) is 0. The predicted molar refractivity (Wildman–Crippen MR) is 75.3 cm³/mol. The zero-order valence-electron chi connectivity index (χ0n) is 11.5. The van der Waals surface area contributed by atoms with Gasteiger partial charge in [0.15, 0.2) is 0 Å². The number of allylic oxidation sites excluding steroid dienone is 1. The Labute approximate surface area is 117 Å². The van der Waals surface area contributed by atoms with Crippen LogP contribution >= 0.6 is 0 Å². The average molecular weight is 291 g/mol. The summed E-state index contributed by atoms with van der Waals surface area (Å²) >= 11 is 0. The summed E-state index contributed by atoms with van der Waals surface area (Å²) in [7, 11) is 0.140. The highest BCUT2D eigenvalue weighted by Crippen LogP contribution is 2.04. The van der Waals surface area contributed by atoms with Crippen molar-refractivity contribution in [2.45, 2.75) is 6.92 Å². The van der Waals surface area contributed by atoms with Crippen LogP contribution in [0.2, 0.25) is 0 Å². The second kappa shape index (κ2) is 10.1. The highest BCUT2D eigenvalue weighted by molar-refractivity contribution is 7.97.